The van der Waals surface area contributed by atoms with Gasteiger partial charge in [0, 0.05) is 6.42 Å². The van der Waals surface area contributed by atoms with E-state index in [0.29, 0.717) is 5.56 Å². The van der Waals surface area contributed by atoms with Crippen molar-refractivity contribution in [3.63, 3.8) is 0 Å². The van der Waals surface area contributed by atoms with Gasteiger partial charge in [0.05, 0.1) is 18.2 Å². The molecule has 0 bridgehead atoms. The van der Waals surface area contributed by atoms with Gasteiger partial charge in [-0.1, -0.05) is 18.2 Å². The molecule has 0 fully saturated rings. The van der Waals surface area contributed by atoms with Crippen LogP contribution < -0.4 is 10.8 Å². The van der Waals surface area contributed by atoms with Crippen molar-refractivity contribution in [3.05, 3.63) is 48.0 Å². The van der Waals surface area contributed by atoms with Crippen LogP contribution in [0.2, 0.25) is 0 Å². The number of nitrogens with one attached hydrogen (secondary N) is 2. The number of alkyl carbamates (subject to hydrolysis) is 1. The quantitative estimate of drug-likeness (QED) is 0.448. The van der Waals surface area contributed by atoms with Gasteiger partial charge in [0.2, 0.25) is 0 Å². The van der Waals surface area contributed by atoms with Gasteiger partial charge < -0.3 is 10.1 Å². The number of hydrogen-bond acceptors (Lipinski definition) is 5. The molecule has 0 heterocycles. The van der Waals surface area contributed by atoms with Gasteiger partial charge in [0.1, 0.15) is 11.6 Å². The lowest BCUT2D eigenvalue weighted by atomic mass is 10.0. The second-order valence-corrected chi connectivity index (χ2v) is 6.28. The molecule has 0 saturated carbocycles. The van der Waals surface area contributed by atoms with Crippen molar-refractivity contribution in [2.45, 2.75) is 38.8 Å². The third kappa shape index (κ3) is 7.99. The summed E-state index contributed by atoms with van der Waals surface area (Å²) >= 11 is 0. The minimum absolute atomic E-state index is 0.141. The standard InChI is InChI=1S/C18H23N3O4/c1-5-10-24-21-16(22)15(20-17(23)25-18(2,3)4)11-13-6-8-14(12-19)9-7-13/h5-9,15H,1,10-11H2,2-4H3,(H,20,23)(H,21,22)/t15-/m0/s1. The first-order chi connectivity index (χ1) is 11.7. The van der Waals surface area contributed by atoms with Crippen LogP contribution in [-0.2, 0) is 20.8 Å². The van der Waals surface area contributed by atoms with E-state index in [-0.39, 0.29) is 13.0 Å². The minimum Gasteiger partial charge on any atom is -0.444 e. The lowest BCUT2D eigenvalue weighted by molar-refractivity contribution is -0.134. The van der Waals surface area contributed by atoms with Gasteiger partial charge in [-0.2, -0.15) is 5.26 Å². The van der Waals surface area contributed by atoms with E-state index in [1.807, 2.05) is 6.07 Å². The topological polar surface area (TPSA) is 100 Å². The molecule has 0 aromatic heterocycles. The van der Waals surface area contributed by atoms with E-state index >= 15 is 0 Å². The monoisotopic (exact) mass is 345 g/mol. The summed E-state index contributed by atoms with van der Waals surface area (Å²) in [5, 5.41) is 11.4. The first-order valence-corrected chi connectivity index (χ1v) is 7.76. The summed E-state index contributed by atoms with van der Waals surface area (Å²) in [6.07, 6.45) is 0.996. The Morgan fingerprint density at radius 1 is 1.32 bits per heavy atom. The zero-order chi connectivity index (χ0) is 18.9. The summed E-state index contributed by atoms with van der Waals surface area (Å²) in [4.78, 5) is 29.2. The van der Waals surface area contributed by atoms with Crippen molar-refractivity contribution in [1.29, 1.82) is 5.26 Å². The number of ether oxygens (including phenoxy) is 1. The number of hydrogen-bond donors (Lipinski definition) is 2. The van der Waals surface area contributed by atoms with Crippen LogP contribution in [0.4, 0.5) is 4.79 Å². The van der Waals surface area contributed by atoms with E-state index in [9.17, 15) is 9.59 Å². The number of hydroxylamine groups is 1. The third-order valence-electron chi connectivity index (χ3n) is 2.90. The fraction of sp³-hybridized carbons (Fsp3) is 0.389. The van der Waals surface area contributed by atoms with E-state index in [1.54, 1.807) is 45.0 Å². The summed E-state index contributed by atoms with van der Waals surface area (Å²) in [5.41, 5.74) is 2.87. The van der Waals surface area contributed by atoms with Gasteiger partial charge >= 0.3 is 6.09 Å². The molecule has 0 aliphatic heterocycles. The van der Waals surface area contributed by atoms with Crippen molar-refractivity contribution in [1.82, 2.24) is 10.8 Å². The van der Waals surface area contributed by atoms with Crippen LogP contribution in [0.3, 0.4) is 0 Å². The minimum atomic E-state index is -0.896. The number of benzene rings is 1. The maximum Gasteiger partial charge on any atom is 0.408 e. The van der Waals surface area contributed by atoms with Crippen molar-refractivity contribution in [3.8, 4) is 6.07 Å². The van der Waals surface area contributed by atoms with Crippen molar-refractivity contribution >= 4 is 12.0 Å². The Hall–Kier alpha value is -2.85. The van der Waals surface area contributed by atoms with E-state index < -0.39 is 23.6 Å². The highest BCUT2D eigenvalue weighted by Crippen LogP contribution is 2.09. The number of amides is 2. The van der Waals surface area contributed by atoms with Gasteiger partial charge in [0.25, 0.3) is 5.91 Å². The van der Waals surface area contributed by atoms with E-state index in [2.05, 4.69) is 17.4 Å². The molecule has 7 nitrogen and oxygen atoms in total. The van der Waals surface area contributed by atoms with Gasteiger partial charge in [-0.3, -0.25) is 9.63 Å². The molecule has 0 aliphatic rings. The van der Waals surface area contributed by atoms with Crippen LogP contribution in [0.15, 0.2) is 36.9 Å². The lowest BCUT2D eigenvalue weighted by Crippen LogP contribution is -2.49. The Bertz CT molecular complexity index is 642. The molecule has 1 aromatic carbocycles. The van der Waals surface area contributed by atoms with Gasteiger partial charge in [-0.05, 0) is 38.5 Å². The van der Waals surface area contributed by atoms with Gasteiger partial charge in [-0.25, -0.2) is 10.3 Å². The smallest absolute Gasteiger partial charge is 0.408 e. The normalized spacial score (nSPS) is 11.8. The number of rotatable bonds is 7. The van der Waals surface area contributed by atoms with E-state index in [0.717, 1.165) is 5.56 Å². The first-order valence-electron chi connectivity index (χ1n) is 7.76. The Balaban J connectivity index is 2.81. The second kappa shape index (κ2) is 9.45. The zero-order valence-corrected chi connectivity index (χ0v) is 14.7. The Kier molecular flexibility index (Phi) is 7.63. The zero-order valence-electron chi connectivity index (χ0n) is 14.7. The molecule has 2 amide bonds. The molecule has 0 saturated heterocycles. The first kappa shape index (κ1) is 20.2. The molecule has 1 rings (SSSR count). The molecule has 25 heavy (non-hydrogen) atoms. The molecule has 0 spiro atoms. The molecular weight excluding hydrogens is 322 g/mol. The molecule has 2 N–H and O–H groups in total. The highest BCUT2D eigenvalue weighted by Gasteiger charge is 2.24. The maximum atomic E-state index is 12.3. The lowest BCUT2D eigenvalue weighted by Gasteiger charge is -2.23. The van der Waals surface area contributed by atoms with Crippen LogP contribution in [0.1, 0.15) is 31.9 Å². The van der Waals surface area contributed by atoms with Crippen LogP contribution in [0.25, 0.3) is 0 Å². The predicted octanol–water partition coefficient (Wildman–Crippen LogP) is 2.23. The SMILES string of the molecule is C=CCONC(=O)[C@H](Cc1ccc(C#N)cc1)NC(=O)OC(C)(C)C. The summed E-state index contributed by atoms with van der Waals surface area (Å²) in [5.74, 6) is -0.517. The fourth-order valence-corrected chi connectivity index (χ4v) is 1.85. The molecule has 1 aromatic rings. The number of carbonyl (C=O) groups is 2. The molecule has 0 unspecified atom stereocenters. The van der Waals surface area contributed by atoms with Crippen LogP contribution in [-0.4, -0.2) is 30.3 Å². The Labute approximate surface area is 147 Å². The second-order valence-electron chi connectivity index (χ2n) is 6.28. The highest BCUT2D eigenvalue weighted by molar-refractivity contribution is 5.85. The molecule has 0 radical (unpaired) electrons. The summed E-state index contributed by atoms with van der Waals surface area (Å²) in [6.45, 7) is 8.82. The average Bonchev–Trinajstić information content (AvgIpc) is 2.53. The fourth-order valence-electron chi connectivity index (χ4n) is 1.85. The van der Waals surface area contributed by atoms with E-state index in [4.69, 9.17) is 14.8 Å². The van der Waals surface area contributed by atoms with E-state index in [1.165, 1.54) is 6.08 Å². The van der Waals surface area contributed by atoms with Crippen LogP contribution >= 0.6 is 0 Å². The van der Waals surface area contributed by atoms with Gasteiger partial charge in [0.15, 0.2) is 0 Å². The Morgan fingerprint density at radius 2 is 1.96 bits per heavy atom. The summed E-state index contributed by atoms with van der Waals surface area (Å²) in [7, 11) is 0. The maximum absolute atomic E-state index is 12.3. The van der Waals surface area contributed by atoms with Crippen LogP contribution in [0, 0.1) is 11.3 Å². The molecule has 1 atom stereocenters. The van der Waals surface area contributed by atoms with Crippen LogP contribution in [0.5, 0.6) is 0 Å². The van der Waals surface area contributed by atoms with Crippen molar-refractivity contribution in [2.75, 3.05) is 6.61 Å². The highest BCUT2D eigenvalue weighted by atomic mass is 16.6. The largest absolute Gasteiger partial charge is 0.444 e. The van der Waals surface area contributed by atoms with Crippen molar-refractivity contribution in [2.24, 2.45) is 0 Å². The molecule has 7 heteroatoms. The molecule has 134 valence electrons. The number of nitrogens with zero attached hydrogens (tertiary/aromatic N) is 1. The number of nitriles is 1. The average molecular weight is 345 g/mol. The Morgan fingerprint density at radius 3 is 2.48 bits per heavy atom. The third-order valence-corrected chi connectivity index (χ3v) is 2.90. The predicted molar refractivity (Wildman–Crippen MR) is 92.3 cm³/mol. The van der Waals surface area contributed by atoms with Crippen molar-refractivity contribution < 1.29 is 19.2 Å². The summed E-state index contributed by atoms with van der Waals surface area (Å²) < 4.78 is 5.19. The molecular formula is C18H23N3O4. The van der Waals surface area contributed by atoms with Gasteiger partial charge in [-0.15, -0.1) is 6.58 Å². The summed E-state index contributed by atoms with van der Waals surface area (Å²) in [6, 6.07) is 7.86. The number of carbonyl (C=O) groups excluding carboxylic acids is 2. The molecule has 0 aliphatic carbocycles.